The van der Waals surface area contributed by atoms with Gasteiger partial charge >= 0.3 is 0 Å². The fraction of sp³-hybridized carbons (Fsp3) is 0.500. The van der Waals surface area contributed by atoms with Crippen LogP contribution in [0.3, 0.4) is 0 Å². The molecule has 1 aromatic heterocycles. The number of aromatic nitrogens is 2. The van der Waals surface area contributed by atoms with Crippen LogP contribution >= 0.6 is 0 Å². The molecule has 0 aliphatic carbocycles. The lowest BCUT2D eigenvalue weighted by Gasteiger charge is -2.21. The topological polar surface area (TPSA) is 101 Å². The molecule has 1 atom stereocenters. The van der Waals surface area contributed by atoms with Gasteiger partial charge in [0.1, 0.15) is 6.04 Å². The summed E-state index contributed by atoms with van der Waals surface area (Å²) in [6, 6.07) is -0.721. The molecule has 1 unspecified atom stereocenters. The summed E-state index contributed by atoms with van der Waals surface area (Å²) in [6.45, 7) is 6.07. The average Bonchev–Trinajstić information content (AvgIpc) is 2.41. The van der Waals surface area contributed by atoms with E-state index in [1.54, 1.807) is 12.4 Å². The molecule has 1 aromatic rings. The van der Waals surface area contributed by atoms with Crippen LogP contribution < -0.4 is 10.6 Å². The van der Waals surface area contributed by atoms with Crippen molar-refractivity contribution >= 4 is 17.7 Å². The number of imide groups is 1. The van der Waals surface area contributed by atoms with Crippen molar-refractivity contribution in [3.63, 3.8) is 0 Å². The maximum atomic E-state index is 12.0. The summed E-state index contributed by atoms with van der Waals surface area (Å²) in [7, 11) is 0. The predicted molar refractivity (Wildman–Crippen MR) is 74.4 cm³/mol. The first-order valence-corrected chi connectivity index (χ1v) is 6.74. The van der Waals surface area contributed by atoms with Crippen molar-refractivity contribution in [2.75, 3.05) is 0 Å². The van der Waals surface area contributed by atoms with Crippen LogP contribution in [0.4, 0.5) is 0 Å². The zero-order valence-electron chi connectivity index (χ0n) is 12.3. The van der Waals surface area contributed by atoms with Crippen LogP contribution in [0.1, 0.15) is 49.8 Å². The fourth-order valence-corrected chi connectivity index (χ4v) is 1.89. The number of nitrogens with zero attached hydrogens (tertiary/aromatic N) is 2. The summed E-state index contributed by atoms with van der Waals surface area (Å²) in [5.41, 5.74) is 0.818. The normalized spacial score (nSPS) is 19.1. The molecule has 0 bridgehead atoms. The Bertz CT molecular complexity index is 575. The van der Waals surface area contributed by atoms with Crippen molar-refractivity contribution in [1.82, 2.24) is 20.6 Å². The molecule has 2 N–H and O–H groups in total. The monoisotopic (exact) mass is 290 g/mol. The van der Waals surface area contributed by atoms with Crippen LogP contribution in [0.25, 0.3) is 0 Å². The number of amides is 3. The van der Waals surface area contributed by atoms with E-state index in [2.05, 4.69) is 20.6 Å². The molecule has 21 heavy (non-hydrogen) atoms. The molecule has 1 aliphatic heterocycles. The zero-order chi connectivity index (χ0) is 15.6. The Hall–Kier alpha value is -2.31. The summed E-state index contributed by atoms with van der Waals surface area (Å²) in [4.78, 5) is 42.7. The van der Waals surface area contributed by atoms with Crippen molar-refractivity contribution < 1.29 is 14.4 Å². The minimum Gasteiger partial charge on any atom is -0.337 e. The summed E-state index contributed by atoms with van der Waals surface area (Å²) >= 11 is 0. The van der Waals surface area contributed by atoms with E-state index in [-0.39, 0.29) is 30.0 Å². The molecule has 0 aromatic carbocycles. The minimum atomic E-state index is -0.721. The molecule has 1 saturated heterocycles. The second kappa shape index (κ2) is 5.59. The summed E-state index contributed by atoms with van der Waals surface area (Å²) in [5, 5.41) is 4.72. The molecular formula is C14H18N4O3. The molecule has 0 spiro atoms. The number of piperidine rings is 1. The third-order valence-electron chi connectivity index (χ3n) is 3.27. The Morgan fingerprint density at radius 3 is 2.43 bits per heavy atom. The van der Waals surface area contributed by atoms with E-state index in [9.17, 15) is 14.4 Å². The minimum absolute atomic E-state index is 0.00713. The Morgan fingerprint density at radius 1 is 1.29 bits per heavy atom. The van der Waals surface area contributed by atoms with Gasteiger partial charge in [-0.3, -0.25) is 19.7 Å². The summed E-state index contributed by atoms with van der Waals surface area (Å²) in [6.07, 6.45) is 3.70. The lowest BCUT2D eigenvalue weighted by molar-refractivity contribution is -0.134. The van der Waals surface area contributed by atoms with Crippen LogP contribution in [-0.4, -0.2) is 33.7 Å². The van der Waals surface area contributed by atoms with Crippen LogP contribution in [0.15, 0.2) is 12.4 Å². The molecule has 7 nitrogen and oxygen atoms in total. The number of rotatable bonds is 2. The van der Waals surface area contributed by atoms with Crippen LogP contribution in [0.2, 0.25) is 0 Å². The van der Waals surface area contributed by atoms with Crippen molar-refractivity contribution in [1.29, 1.82) is 0 Å². The zero-order valence-corrected chi connectivity index (χ0v) is 12.3. The first-order valence-electron chi connectivity index (χ1n) is 6.74. The van der Waals surface area contributed by atoms with E-state index in [1.807, 2.05) is 20.8 Å². The van der Waals surface area contributed by atoms with Gasteiger partial charge in [0.25, 0.3) is 5.91 Å². The van der Waals surface area contributed by atoms with Gasteiger partial charge in [0.05, 0.1) is 0 Å². The van der Waals surface area contributed by atoms with Gasteiger partial charge < -0.3 is 5.32 Å². The second-order valence-corrected chi connectivity index (χ2v) is 6.02. The first-order chi connectivity index (χ1) is 9.77. The highest BCUT2D eigenvalue weighted by molar-refractivity contribution is 6.03. The number of carbonyl (C=O) groups excluding carboxylic acids is 3. The second-order valence-electron chi connectivity index (χ2n) is 6.02. The van der Waals surface area contributed by atoms with E-state index in [0.717, 1.165) is 5.56 Å². The molecular weight excluding hydrogens is 272 g/mol. The highest BCUT2D eigenvalue weighted by atomic mass is 16.2. The molecule has 2 heterocycles. The SMILES string of the molecule is CC(C)(C)c1cnc(C(=O)NC2CCC(=O)NC2=O)nc1. The fourth-order valence-electron chi connectivity index (χ4n) is 1.89. The molecule has 7 heteroatoms. The summed E-state index contributed by atoms with van der Waals surface area (Å²) < 4.78 is 0. The molecule has 112 valence electrons. The van der Waals surface area contributed by atoms with Crippen LogP contribution in [0.5, 0.6) is 0 Å². The Balaban J connectivity index is 2.04. The number of hydrogen-bond acceptors (Lipinski definition) is 5. The van der Waals surface area contributed by atoms with Crippen molar-refractivity contribution in [3.05, 3.63) is 23.8 Å². The van der Waals surface area contributed by atoms with E-state index in [4.69, 9.17) is 0 Å². The molecule has 2 rings (SSSR count). The van der Waals surface area contributed by atoms with E-state index in [0.29, 0.717) is 0 Å². The third-order valence-corrected chi connectivity index (χ3v) is 3.27. The molecule has 0 saturated carbocycles. The maximum absolute atomic E-state index is 12.0. The maximum Gasteiger partial charge on any atom is 0.289 e. The van der Waals surface area contributed by atoms with Gasteiger partial charge in [-0.1, -0.05) is 20.8 Å². The molecule has 1 fully saturated rings. The van der Waals surface area contributed by atoms with E-state index >= 15 is 0 Å². The largest absolute Gasteiger partial charge is 0.337 e. The van der Waals surface area contributed by atoms with Gasteiger partial charge in [-0.25, -0.2) is 9.97 Å². The summed E-state index contributed by atoms with van der Waals surface area (Å²) in [5.74, 6) is -1.33. The molecule has 0 radical (unpaired) electrons. The Morgan fingerprint density at radius 2 is 1.90 bits per heavy atom. The lowest BCUT2D eigenvalue weighted by atomic mass is 9.89. The Labute approximate surface area is 122 Å². The van der Waals surface area contributed by atoms with Crippen molar-refractivity contribution in [2.45, 2.75) is 45.1 Å². The first kappa shape index (κ1) is 15.1. The number of carbonyl (C=O) groups is 3. The smallest absolute Gasteiger partial charge is 0.289 e. The van der Waals surface area contributed by atoms with E-state index in [1.165, 1.54) is 0 Å². The van der Waals surface area contributed by atoms with Crippen molar-refractivity contribution in [2.24, 2.45) is 0 Å². The average molecular weight is 290 g/mol. The van der Waals surface area contributed by atoms with Crippen LogP contribution in [0, 0.1) is 0 Å². The highest BCUT2D eigenvalue weighted by Gasteiger charge is 2.28. The number of nitrogens with one attached hydrogen (secondary N) is 2. The van der Waals surface area contributed by atoms with Gasteiger partial charge in [0.2, 0.25) is 17.6 Å². The van der Waals surface area contributed by atoms with Crippen molar-refractivity contribution in [3.8, 4) is 0 Å². The van der Waals surface area contributed by atoms with Gasteiger partial charge in [0.15, 0.2) is 0 Å². The van der Waals surface area contributed by atoms with Gasteiger partial charge in [0, 0.05) is 18.8 Å². The predicted octanol–water partition coefficient (Wildman–Crippen LogP) is 0.309. The highest BCUT2D eigenvalue weighted by Crippen LogP contribution is 2.19. The number of hydrogen-bond donors (Lipinski definition) is 2. The van der Waals surface area contributed by atoms with E-state index < -0.39 is 17.9 Å². The Kier molecular flexibility index (Phi) is 4.02. The van der Waals surface area contributed by atoms with Gasteiger partial charge in [-0.15, -0.1) is 0 Å². The lowest BCUT2D eigenvalue weighted by Crippen LogP contribution is -2.52. The molecule has 1 aliphatic rings. The van der Waals surface area contributed by atoms with Gasteiger partial charge in [-0.2, -0.15) is 0 Å². The molecule has 3 amide bonds. The standard InChI is InChI=1S/C14H18N4O3/c1-14(2,3)8-6-15-11(16-7-8)13(21)17-9-4-5-10(19)18-12(9)20/h6-7,9H,4-5H2,1-3H3,(H,17,21)(H,18,19,20). The third kappa shape index (κ3) is 3.62. The van der Waals surface area contributed by atoms with Crippen LogP contribution in [-0.2, 0) is 15.0 Å². The quantitative estimate of drug-likeness (QED) is 0.763. The van der Waals surface area contributed by atoms with Gasteiger partial charge in [-0.05, 0) is 17.4 Å².